The highest BCUT2D eigenvalue weighted by Crippen LogP contribution is 2.44. The van der Waals surface area contributed by atoms with Crippen molar-refractivity contribution in [2.45, 2.75) is 66.5 Å². The topological polar surface area (TPSA) is 64.3 Å². The Morgan fingerprint density at radius 1 is 1.29 bits per heavy atom. The van der Waals surface area contributed by atoms with Crippen molar-refractivity contribution >= 4 is 27.8 Å². The zero-order valence-electron chi connectivity index (χ0n) is 13.9. The first-order chi connectivity index (χ1) is 9.81. The fraction of sp³-hybridized carbons (Fsp3) is 0.688. The van der Waals surface area contributed by atoms with E-state index in [4.69, 9.17) is 10.5 Å². The van der Waals surface area contributed by atoms with Gasteiger partial charge in [-0.1, -0.05) is 27.7 Å². The van der Waals surface area contributed by atoms with E-state index >= 15 is 0 Å². The minimum atomic E-state index is 0.0196. The van der Waals surface area contributed by atoms with Crippen molar-refractivity contribution in [1.29, 1.82) is 0 Å². The van der Waals surface area contributed by atoms with Gasteiger partial charge >= 0.3 is 0 Å². The number of carbonyl (C=O) groups is 1. The van der Waals surface area contributed by atoms with Crippen molar-refractivity contribution in [3.8, 4) is 5.75 Å². The van der Waals surface area contributed by atoms with E-state index in [0.29, 0.717) is 34.7 Å². The first-order valence-corrected chi connectivity index (χ1v) is 8.51. The first kappa shape index (κ1) is 17.8. The highest BCUT2D eigenvalue weighted by atomic mass is 32.1. The Bertz CT molecular complexity index is 481. The Kier molecular flexibility index (Phi) is 6.52. The van der Waals surface area contributed by atoms with E-state index in [1.54, 1.807) is 0 Å². The standard InChI is InChI=1S/C16H28N2O2S/c1-7-11(9(3)4)18-16-14(20-10(5)6)13(17)15(21-16)12(19)8-2/h9-11,18H,7-8,17H2,1-6H3. The second-order valence-electron chi connectivity index (χ2n) is 5.85. The highest BCUT2D eigenvalue weighted by Gasteiger charge is 2.24. The van der Waals surface area contributed by atoms with Crippen LogP contribution in [0.25, 0.3) is 0 Å². The Hall–Kier alpha value is -1.23. The second-order valence-corrected chi connectivity index (χ2v) is 6.87. The predicted molar refractivity (Wildman–Crippen MR) is 91.7 cm³/mol. The molecule has 0 saturated carbocycles. The van der Waals surface area contributed by atoms with Gasteiger partial charge in [0.05, 0.1) is 16.7 Å². The van der Waals surface area contributed by atoms with Gasteiger partial charge in [-0.2, -0.15) is 0 Å². The molecule has 1 aromatic heterocycles. The molecule has 0 bridgehead atoms. The van der Waals surface area contributed by atoms with Crippen LogP contribution in [0.2, 0.25) is 0 Å². The molecule has 0 radical (unpaired) electrons. The summed E-state index contributed by atoms with van der Waals surface area (Å²) < 4.78 is 5.85. The SMILES string of the molecule is CCC(=O)c1sc(NC(CC)C(C)C)c(OC(C)C)c1N. The van der Waals surface area contributed by atoms with Gasteiger partial charge in [0.25, 0.3) is 0 Å². The van der Waals surface area contributed by atoms with Gasteiger partial charge in [0.15, 0.2) is 11.5 Å². The molecule has 1 unspecified atom stereocenters. The zero-order chi connectivity index (χ0) is 16.2. The van der Waals surface area contributed by atoms with Gasteiger partial charge in [-0.15, -0.1) is 11.3 Å². The molecular weight excluding hydrogens is 284 g/mol. The minimum absolute atomic E-state index is 0.0196. The van der Waals surface area contributed by atoms with E-state index in [2.05, 4.69) is 26.1 Å². The lowest BCUT2D eigenvalue weighted by Crippen LogP contribution is -2.24. The molecule has 3 N–H and O–H groups in total. The molecule has 120 valence electrons. The van der Waals surface area contributed by atoms with E-state index in [0.717, 1.165) is 11.4 Å². The van der Waals surface area contributed by atoms with Gasteiger partial charge in [0.2, 0.25) is 0 Å². The number of hydrogen-bond donors (Lipinski definition) is 2. The molecule has 0 aliphatic rings. The molecule has 1 aromatic rings. The largest absolute Gasteiger partial charge is 0.486 e. The Labute approximate surface area is 132 Å². The van der Waals surface area contributed by atoms with Crippen LogP contribution in [0.3, 0.4) is 0 Å². The highest BCUT2D eigenvalue weighted by molar-refractivity contribution is 7.19. The number of anilines is 2. The third-order valence-corrected chi connectivity index (χ3v) is 4.55. The Balaban J connectivity index is 3.18. The number of thiophene rings is 1. The summed E-state index contributed by atoms with van der Waals surface area (Å²) in [6.07, 6.45) is 1.48. The molecular formula is C16H28N2O2S. The first-order valence-electron chi connectivity index (χ1n) is 7.70. The van der Waals surface area contributed by atoms with Crippen LogP contribution >= 0.6 is 11.3 Å². The van der Waals surface area contributed by atoms with Crippen LogP contribution in [0.15, 0.2) is 0 Å². The fourth-order valence-corrected chi connectivity index (χ4v) is 3.28. The normalized spacial score (nSPS) is 12.8. The number of carbonyl (C=O) groups excluding carboxylic acids is 1. The number of ether oxygens (including phenoxy) is 1. The summed E-state index contributed by atoms with van der Waals surface area (Å²) >= 11 is 1.41. The number of nitrogens with two attached hydrogens (primary N) is 1. The van der Waals surface area contributed by atoms with Gasteiger partial charge in [0.1, 0.15) is 5.00 Å². The summed E-state index contributed by atoms with van der Waals surface area (Å²) in [5.74, 6) is 1.19. The van der Waals surface area contributed by atoms with Crippen LogP contribution in [0.4, 0.5) is 10.7 Å². The molecule has 0 amide bonds. The average molecular weight is 312 g/mol. The molecule has 0 saturated heterocycles. The number of nitrogens with one attached hydrogen (secondary N) is 1. The number of nitrogen functional groups attached to an aromatic ring is 1. The summed E-state index contributed by atoms with van der Waals surface area (Å²) in [5, 5.41) is 4.38. The molecule has 0 aromatic carbocycles. The maximum absolute atomic E-state index is 12.0. The number of Topliss-reactive ketones (excluding diaryl/α,β-unsaturated/α-hetero) is 1. The van der Waals surface area contributed by atoms with E-state index in [-0.39, 0.29) is 11.9 Å². The molecule has 21 heavy (non-hydrogen) atoms. The minimum Gasteiger partial charge on any atom is -0.486 e. The van der Waals surface area contributed by atoms with Gasteiger partial charge in [-0.25, -0.2) is 0 Å². The lowest BCUT2D eigenvalue weighted by Gasteiger charge is -2.22. The quantitative estimate of drug-likeness (QED) is 0.691. The fourth-order valence-electron chi connectivity index (χ4n) is 2.15. The molecule has 1 heterocycles. The Morgan fingerprint density at radius 3 is 2.33 bits per heavy atom. The molecule has 1 atom stereocenters. The lowest BCUT2D eigenvalue weighted by atomic mass is 10.0. The molecule has 4 nitrogen and oxygen atoms in total. The summed E-state index contributed by atoms with van der Waals surface area (Å²) in [6, 6.07) is 0.335. The van der Waals surface area contributed by atoms with Crippen LogP contribution < -0.4 is 15.8 Å². The summed E-state index contributed by atoms with van der Waals surface area (Å²) in [6.45, 7) is 12.3. The van der Waals surface area contributed by atoms with E-state index in [1.165, 1.54) is 11.3 Å². The van der Waals surface area contributed by atoms with Crippen LogP contribution in [-0.4, -0.2) is 17.9 Å². The molecule has 1 rings (SSSR count). The monoisotopic (exact) mass is 312 g/mol. The van der Waals surface area contributed by atoms with Gasteiger partial charge in [-0.3, -0.25) is 4.79 Å². The van der Waals surface area contributed by atoms with Gasteiger partial charge < -0.3 is 15.8 Å². The number of rotatable bonds is 8. The Morgan fingerprint density at radius 2 is 1.90 bits per heavy atom. The number of ketones is 1. The van der Waals surface area contributed by atoms with Crippen molar-refractivity contribution in [3.63, 3.8) is 0 Å². The lowest BCUT2D eigenvalue weighted by molar-refractivity contribution is 0.0992. The number of hydrogen-bond acceptors (Lipinski definition) is 5. The smallest absolute Gasteiger partial charge is 0.177 e. The van der Waals surface area contributed by atoms with Gasteiger partial charge in [0, 0.05) is 12.5 Å². The van der Waals surface area contributed by atoms with Crippen molar-refractivity contribution in [2.75, 3.05) is 11.1 Å². The molecule has 0 aliphatic carbocycles. The van der Waals surface area contributed by atoms with Crippen molar-refractivity contribution in [3.05, 3.63) is 4.88 Å². The third-order valence-electron chi connectivity index (χ3n) is 3.39. The summed E-state index contributed by atoms with van der Waals surface area (Å²) in [4.78, 5) is 12.6. The third kappa shape index (κ3) is 4.37. The van der Waals surface area contributed by atoms with Crippen LogP contribution in [-0.2, 0) is 0 Å². The van der Waals surface area contributed by atoms with Crippen LogP contribution in [0, 0.1) is 5.92 Å². The zero-order valence-corrected chi connectivity index (χ0v) is 14.8. The van der Waals surface area contributed by atoms with Crippen molar-refractivity contribution < 1.29 is 9.53 Å². The van der Waals surface area contributed by atoms with Crippen molar-refractivity contribution in [1.82, 2.24) is 0 Å². The maximum atomic E-state index is 12.0. The second kappa shape index (κ2) is 7.69. The maximum Gasteiger partial charge on any atom is 0.177 e. The van der Waals surface area contributed by atoms with Crippen molar-refractivity contribution in [2.24, 2.45) is 5.92 Å². The van der Waals surface area contributed by atoms with E-state index < -0.39 is 0 Å². The average Bonchev–Trinajstić information content (AvgIpc) is 2.71. The van der Waals surface area contributed by atoms with E-state index in [9.17, 15) is 4.79 Å². The van der Waals surface area contributed by atoms with Gasteiger partial charge in [-0.05, 0) is 26.2 Å². The molecule has 0 aliphatic heterocycles. The van der Waals surface area contributed by atoms with E-state index in [1.807, 2.05) is 20.8 Å². The molecule has 5 heteroatoms. The summed E-state index contributed by atoms with van der Waals surface area (Å²) in [7, 11) is 0. The molecule has 0 spiro atoms. The van der Waals surface area contributed by atoms with Crippen LogP contribution in [0.1, 0.15) is 64.1 Å². The predicted octanol–water partition coefficient (Wildman–Crippen LogP) is 4.56. The summed E-state index contributed by atoms with van der Waals surface area (Å²) in [5.41, 5.74) is 6.62. The molecule has 0 fully saturated rings. The van der Waals surface area contributed by atoms with Crippen LogP contribution in [0.5, 0.6) is 5.75 Å².